The summed E-state index contributed by atoms with van der Waals surface area (Å²) >= 11 is 0. The lowest BCUT2D eigenvalue weighted by Crippen LogP contribution is -2.30. The van der Waals surface area contributed by atoms with Crippen LogP contribution in [0, 0.1) is 0 Å². The topological polar surface area (TPSA) is 84.2 Å². The molecule has 0 spiro atoms. The van der Waals surface area contributed by atoms with Crippen molar-refractivity contribution in [2.75, 3.05) is 13.1 Å². The number of hydrogen-bond acceptors (Lipinski definition) is 3. The van der Waals surface area contributed by atoms with Gasteiger partial charge in [-0.3, -0.25) is 9.59 Å². The van der Waals surface area contributed by atoms with Crippen LogP contribution in [0.1, 0.15) is 29.3 Å². The number of benzene rings is 1. The molecule has 4 N–H and O–H groups in total. The molecule has 1 aromatic carbocycles. The van der Waals surface area contributed by atoms with E-state index in [0.29, 0.717) is 25.2 Å². The minimum Gasteiger partial charge on any atom is -0.356 e. The van der Waals surface area contributed by atoms with Crippen LogP contribution in [0.25, 0.3) is 0 Å². The van der Waals surface area contributed by atoms with Gasteiger partial charge in [-0.1, -0.05) is 12.1 Å². The molecule has 18 heavy (non-hydrogen) atoms. The maximum atomic E-state index is 11.8. The highest BCUT2D eigenvalue weighted by atomic mass is 16.2. The molecule has 0 aromatic heterocycles. The van der Waals surface area contributed by atoms with Crippen molar-refractivity contribution in [3.8, 4) is 0 Å². The maximum Gasteiger partial charge on any atom is 0.251 e. The van der Waals surface area contributed by atoms with Gasteiger partial charge < -0.3 is 16.4 Å². The van der Waals surface area contributed by atoms with Gasteiger partial charge in [0.15, 0.2) is 0 Å². The van der Waals surface area contributed by atoms with Gasteiger partial charge in [0.1, 0.15) is 0 Å². The van der Waals surface area contributed by atoms with Crippen LogP contribution in [0.3, 0.4) is 0 Å². The average molecular weight is 249 g/mol. The third-order valence-corrected chi connectivity index (χ3v) is 2.44. The first kappa shape index (κ1) is 14.2. The standard InChI is InChI=1S/C13H19N3O2/c1-2-15-12(17)6-7-16-13(18)11-5-3-4-10(8-11)9-14/h3-5,8H,2,6-7,9,14H2,1H3,(H,15,17)(H,16,18). The largest absolute Gasteiger partial charge is 0.356 e. The monoisotopic (exact) mass is 249 g/mol. The summed E-state index contributed by atoms with van der Waals surface area (Å²) < 4.78 is 0. The number of nitrogens with one attached hydrogen (secondary N) is 2. The molecule has 0 unspecified atom stereocenters. The molecule has 98 valence electrons. The normalized spacial score (nSPS) is 9.89. The van der Waals surface area contributed by atoms with Crippen LogP contribution >= 0.6 is 0 Å². The molecule has 1 aromatic rings. The average Bonchev–Trinajstić information content (AvgIpc) is 2.39. The lowest BCUT2D eigenvalue weighted by Gasteiger charge is -2.06. The highest BCUT2D eigenvalue weighted by Crippen LogP contribution is 2.04. The van der Waals surface area contributed by atoms with Gasteiger partial charge in [-0.2, -0.15) is 0 Å². The summed E-state index contributed by atoms with van der Waals surface area (Å²) in [5.74, 6) is -0.247. The molecule has 5 nitrogen and oxygen atoms in total. The van der Waals surface area contributed by atoms with Gasteiger partial charge in [0.25, 0.3) is 5.91 Å². The highest BCUT2D eigenvalue weighted by molar-refractivity contribution is 5.94. The smallest absolute Gasteiger partial charge is 0.251 e. The van der Waals surface area contributed by atoms with E-state index in [9.17, 15) is 9.59 Å². The first-order valence-corrected chi connectivity index (χ1v) is 6.01. The van der Waals surface area contributed by atoms with E-state index in [2.05, 4.69) is 10.6 Å². The molecule has 0 aliphatic rings. The predicted molar refractivity (Wildman–Crippen MR) is 70.0 cm³/mol. The van der Waals surface area contributed by atoms with Crippen LogP contribution in [0.4, 0.5) is 0 Å². The van der Waals surface area contributed by atoms with Crippen molar-refractivity contribution in [1.82, 2.24) is 10.6 Å². The summed E-state index contributed by atoms with van der Waals surface area (Å²) in [4.78, 5) is 23.0. The van der Waals surface area contributed by atoms with Gasteiger partial charge in [0.2, 0.25) is 5.91 Å². The zero-order chi connectivity index (χ0) is 13.4. The SMILES string of the molecule is CCNC(=O)CCNC(=O)c1cccc(CN)c1. The molecule has 0 fully saturated rings. The minimum atomic E-state index is -0.186. The second-order valence-electron chi connectivity index (χ2n) is 3.86. The Kier molecular flexibility index (Phi) is 5.87. The molecule has 0 radical (unpaired) electrons. The van der Waals surface area contributed by atoms with Gasteiger partial charge in [0.05, 0.1) is 0 Å². The summed E-state index contributed by atoms with van der Waals surface area (Å²) in [6.45, 7) is 3.19. The second-order valence-corrected chi connectivity index (χ2v) is 3.86. The Morgan fingerprint density at radius 2 is 2.06 bits per heavy atom. The Bertz CT molecular complexity index is 418. The summed E-state index contributed by atoms with van der Waals surface area (Å²) in [5.41, 5.74) is 6.98. The predicted octanol–water partition coefficient (Wildman–Crippen LogP) is 0.401. The molecular weight excluding hydrogens is 230 g/mol. The highest BCUT2D eigenvalue weighted by Gasteiger charge is 2.06. The van der Waals surface area contributed by atoms with Crippen molar-refractivity contribution < 1.29 is 9.59 Å². The number of carbonyl (C=O) groups excluding carboxylic acids is 2. The summed E-state index contributed by atoms with van der Waals surface area (Å²) in [6, 6.07) is 7.13. The molecular formula is C13H19N3O2. The van der Waals surface area contributed by atoms with Crippen molar-refractivity contribution in [3.63, 3.8) is 0 Å². The molecule has 0 aliphatic heterocycles. The van der Waals surface area contributed by atoms with Crippen LogP contribution < -0.4 is 16.4 Å². The third-order valence-electron chi connectivity index (χ3n) is 2.44. The van der Waals surface area contributed by atoms with Crippen molar-refractivity contribution in [3.05, 3.63) is 35.4 Å². The summed E-state index contributed by atoms with van der Waals surface area (Å²) in [7, 11) is 0. The Hall–Kier alpha value is -1.88. The minimum absolute atomic E-state index is 0.0616. The Morgan fingerprint density at radius 3 is 2.72 bits per heavy atom. The third kappa shape index (κ3) is 4.55. The molecule has 0 saturated carbocycles. The van der Waals surface area contributed by atoms with Gasteiger partial charge in [-0.05, 0) is 24.6 Å². The number of nitrogens with two attached hydrogens (primary N) is 1. The first-order chi connectivity index (χ1) is 8.67. The fraction of sp³-hybridized carbons (Fsp3) is 0.385. The van der Waals surface area contributed by atoms with E-state index < -0.39 is 0 Å². The van der Waals surface area contributed by atoms with E-state index in [1.165, 1.54) is 0 Å². The Labute approximate surface area is 107 Å². The second kappa shape index (κ2) is 7.45. The van der Waals surface area contributed by atoms with Crippen molar-refractivity contribution in [2.24, 2.45) is 5.73 Å². The lowest BCUT2D eigenvalue weighted by molar-refractivity contribution is -0.120. The van der Waals surface area contributed by atoms with E-state index in [-0.39, 0.29) is 18.2 Å². The Morgan fingerprint density at radius 1 is 1.28 bits per heavy atom. The van der Waals surface area contributed by atoms with Gasteiger partial charge >= 0.3 is 0 Å². The molecule has 0 heterocycles. The quantitative estimate of drug-likeness (QED) is 0.682. The number of amides is 2. The van der Waals surface area contributed by atoms with Crippen molar-refractivity contribution >= 4 is 11.8 Å². The zero-order valence-electron chi connectivity index (χ0n) is 10.5. The molecule has 0 saturated heterocycles. The number of carbonyl (C=O) groups is 2. The van der Waals surface area contributed by atoms with Crippen LogP contribution in [-0.4, -0.2) is 24.9 Å². The van der Waals surface area contributed by atoms with Crippen molar-refractivity contribution in [1.29, 1.82) is 0 Å². The van der Waals surface area contributed by atoms with Gasteiger partial charge in [-0.15, -0.1) is 0 Å². The summed E-state index contributed by atoms with van der Waals surface area (Å²) in [6.07, 6.45) is 0.288. The van der Waals surface area contributed by atoms with Crippen LogP contribution in [0.2, 0.25) is 0 Å². The summed E-state index contributed by atoms with van der Waals surface area (Å²) in [5, 5.41) is 5.37. The van der Waals surface area contributed by atoms with E-state index in [1.54, 1.807) is 18.2 Å². The molecule has 2 amide bonds. The van der Waals surface area contributed by atoms with Crippen LogP contribution in [-0.2, 0) is 11.3 Å². The molecule has 5 heteroatoms. The fourth-order valence-corrected chi connectivity index (χ4v) is 1.52. The molecule has 0 atom stereocenters. The fourth-order valence-electron chi connectivity index (χ4n) is 1.52. The Balaban J connectivity index is 2.42. The molecule has 0 aliphatic carbocycles. The molecule has 0 bridgehead atoms. The van der Waals surface area contributed by atoms with E-state index in [1.807, 2.05) is 13.0 Å². The number of rotatable bonds is 6. The first-order valence-electron chi connectivity index (χ1n) is 6.01. The zero-order valence-corrected chi connectivity index (χ0v) is 10.5. The van der Waals surface area contributed by atoms with Crippen LogP contribution in [0.15, 0.2) is 24.3 Å². The van der Waals surface area contributed by atoms with E-state index in [4.69, 9.17) is 5.73 Å². The van der Waals surface area contributed by atoms with E-state index >= 15 is 0 Å². The van der Waals surface area contributed by atoms with E-state index in [0.717, 1.165) is 5.56 Å². The maximum absolute atomic E-state index is 11.8. The lowest BCUT2D eigenvalue weighted by atomic mass is 10.1. The van der Waals surface area contributed by atoms with Gasteiger partial charge in [-0.25, -0.2) is 0 Å². The number of hydrogen-bond donors (Lipinski definition) is 3. The molecule has 1 rings (SSSR count). The van der Waals surface area contributed by atoms with Crippen LogP contribution in [0.5, 0.6) is 0 Å². The van der Waals surface area contributed by atoms with Gasteiger partial charge in [0, 0.05) is 31.6 Å². The van der Waals surface area contributed by atoms with Crippen molar-refractivity contribution in [2.45, 2.75) is 19.9 Å².